The maximum Gasteiger partial charge on any atom is 0.283 e. The number of halogens is 1. The summed E-state index contributed by atoms with van der Waals surface area (Å²) in [4.78, 5) is 29.2. The van der Waals surface area contributed by atoms with Crippen LogP contribution in [0, 0.1) is 10.1 Å². The Bertz CT molecular complexity index is 1040. The lowest BCUT2D eigenvalue weighted by Gasteiger charge is -2.18. The molecule has 2 aromatic carbocycles. The number of carbonyl (C=O) groups is 1. The highest BCUT2D eigenvalue weighted by molar-refractivity contribution is 6.31. The molecule has 0 saturated carbocycles. The summed E-state index contributed by atoms with van der Waals surface area (Å²) in [6.07, 6.45) is 0. The standard InChI is InChI=1S/C19H17ClN4O5/c1-3-23(19(25)15-9-6-13(20)10-16(15)24(26)27)11-17-21-18(22-29-17)12-4-7-14(28-2)8-5-12/h4-10H,3,11H2,1-2H3. The van der Waals surface area contributed by atoms with E-state index in [-0.39, 0.29) is 28.7 Å². The predicted molar refractivity (Wildman–Crippen MR) is 105 cm³/mol. The highest BCUT2D eigenvalue weighted by Gasteiger charge is 2.25. The first-order chi connectivity index (χ1) is 13.9. The van der Waals surface area contributed by atoms with Gasteiger partial charge < -0.3 is 14.2 Å². The second-order valence-corrected chi connectivity index (χ2v) is 6.41. The second kappa shape index (κ2) is 8.70. The molecule has 0 fully saturated rings. The average molecular weight is 417 g/mol. The summed E-state index contributed by atoms with van der Waals surface area (Å²) in [5.74, 6) is 0.746. The van der Waals surface area contributed by atoms with Crippen molar-refractivity contribution in [3.8, 4) is 17.1 Å². The van der Waals surface area contributed by atoms with E-state index < -0.39 is 10.8 Å². The van der Waals surface area contributed by atoms with Crippen molar-refractivity contribution in [2.45, 2.75) is 13.5 Å². The molecule has 3 aromatic rings. The van der Waals surface area contributed by atoms with Crippen molar-refractivity contribution < 1.29 is 19.0 Å². The second-order valence-electron chi connectivity index (χ2n) is 5.98. The largest absolute Gasteiger partial charge is 0.497 e. The van der Waals surface area contributed by atoms with E-state index in [1.807, 2.05) is 0 Å². The van der Waals surface area contributed by atoms with Crippen LogP contribution in [-0.4, -0.2) is 39.5 Å². The Morgan fingerprint density at radius 2 is 2.00 bits per heavy atom. The SMILES string of the molecule is CCN(Cc1nc(-c2ccc(OC)cc2)no1)C(=O)c1ccc(Cl)cc1[N+](=O)[O-]. The molecule has 0 atom stereocenters. The quantitative estimate of drug-likeness (QED) is 0.423. The van der Waals surface area contributed by atoms with Crippen LogP contribution in [-0.2, 0) is 6.54 Å². The van der Waals surface area contributed by atoms with Gasteiger partial charge in [-0.2, -0.15) is 4.98 Å². The molecule has 0 unspecified atom stereocenters. The Hall–Kier alpha value is -3.46. The summed E-state index contributed by atoms with van der Waals surface area (Å²) in [7, 11) is 1.57. The number of hydrogen-bond donors (Lipinski definition) is 0. The lowest BCUT2D eigenvalue weighted by Crippen LogP contribution is -2.31. The molecule has 0 saturated heterocycles. The molecule has 3 rings (SSSR count). The van der Waals surface area contributed by atoms with E-state index in [9.17, 15) is 14.9 Å². The minimum atomic E-state index is -0.637. The molecule has 0 radical (unpaired) electrons. The minimum Gasteiger partial charge on any atom is -0.497 e. The Morgan fingerprint density at radius 1 is 1.28 bits per heavy atom. The van der Waals surface area contributed by atoms with Crippen molar-refractivity contribution in [1.29, 1.82) is 0 Å². The molecular weight excluding hydrogens is 400 g/mol. The number of hydrogen-bond acceptors (Lipinski definition) is 7. The average Bonchev–Trinajstić information content (AvgIpc) is 3.20. The summed E-state index contributed by atoms with van der Waals surface area (Å²) >= 11 is 5.82. The van der Waals surface area contributed by atoms with Crippen LogP contribution in [0.3, 0.4) is 0 Å². The van der Waals surface area contributed by atoms with Crippen LogP contribution in [0.25, 0.3) is 11.4 Å². The van der Waals surface area contributed by atoms with Crippen molar-refractivity contribution in [2.24, 2.45) is 0 Å². The summed E-state index contributed by atoms with van der Waals surface area (Å²) in [6, 6.07) is 11.0. The van der Waals surface area contributed by atoms with Gasteiger partial charge in [0.2, 0.25) is 11.7 Å². The molecule has 0 aliphatic rings. The van der Waals surface area contributed by atoms with Gasteiger partial charge in [-0.15, -0.1) is 0 Å². The van der Waals surface area contributed by atoms with Crippen molar-refractivity contribution in [3.63, 3.8) is 0 Å². The fourth-order valence-electron chi connectivity index (χ4n) is 2.67. The number of nitro groups is 1. The van der Waals surface area contributed by atoms with Gasteiger partial charge in [-0.3, -0.25) is 14.9 Å². The van der Waals surface area contributed by atoms with E-state index in [2.05, 4.69) is 10.1 Å². The fourth-order valence-corrected chi connectivity index (χ4v) is 2.84. The predicted octanol–water partition coefficient (Wildman–Crippen LogP) is 3.97. The van der Waals surface area contributed by atoms with Crippen LogP contribution in [0.2, 0.25) is 5.02 Å². The number of ether oxygens (including phenoxy) is 1. The molecule has 1 heterocycles. The van der Waals surface area contributed by atoms with Crippen molar-refractivity contribution in [3.05, 3.63) is 69.1 Å². The van der Waals surface area contributed by atoms with E-state index in [0.717, 1.165) is 11.6 Å². The minimum absolute atomic E-state index is 0.0122. The van der Waals surface area contributed by atoms with Gasteiger partial charge >= 0.3 is 0 Å². The van der Waals surface area contributed by atoms with E-state index in [1.165, 1.54) is 17.0 Å². The van der Waals surface area contributed by atoms with Gasteiger partial charge in [0.15, 0.2) is 0 Å². The molecule has 0 spiro atoms. The zero-order chi connectivity index (χ0) is 21.0. The summed E-state index contributed by atoms with van der Waals surface area (Å²) in [5.41, 5.74) is 0.310. The van der Waals surface area contributed by atoms with E-state index in [1.54, 1.807) is 38.3 Å². The maximum absolute atomic E-state index is 12.8. The molecule has 10 heteroatoms. The summed E-state index contributed by atoms with van der Waals surface area (Å²) < 4.78 is 10.4. The lowest BCUT2D eigenvalue weighted by molar-refractivity contribution is -0.385. The highest BCUT2D eigenvalue weighted by atomic mass is 35.5. The van der Waals surface area contributed by atoms with Crippen LogP contribution in [0.1, 0.15) is 23.2 Å². The van der Waals surface area contributed by atoms with Gasteiger partial charge in [-0.25, -0.2) is 0 Å². The number of methoxy groups -OCH3 is 1. The van der Waals surface area contributed by atoms with Gasteiger partial charge in [-0.05, 0) is 43.3 Å². The van der Waals surface area contributed by atoms with Crippen molar-refractivity contribution in [2.75, 3.05) is 13.7 Å². The van der Waals surface area contributed by atoms with Gasteiger partial charge in [0.25, 0.3) is 11.6 Å². The van der Waals surface area contributed by atoms with Gasteiger partial charge in [0.1, 0.15) is 17.9 Å². The number of rotatable bonds is 7. The molecule has 1 amide bonds. The Morgan fingerprint density at radius 3 is 2.62 bits per heavy atom. The Balaban J connectivity index is 1.81. The summed E-state index contributed by atoms with van der Waals surface area (Å²) in [5, 5.41) is 15.4. The number of nitro benzene ring substituents is 1. The van der Waals surface area contributed by atoms with Crippen LogP contribution in [0.4, 0.5) is 5.69 Å². The van der Waals surface area contributed by atoms with Crippen LogP contribution in [0.15, 0.2) is 47.0 Å². The fraction of sp³-hybridized carbons (Fsp3) is 0.211. The highest BCUT2D eigenvalue weighted by Crippen LogP contribution is 2.25. The summed E-state index contributed by atoms with van der Waals surface area (Å²) in [6.45, 7) is 2.05. The molecule has 0 aliphatic heterocycles. The topological polar surface area (TPSA) is 112 Å². The zero-order valence-corrected chi connectivity index (χ0v) is 16.4. The number of benzene rings is 2. The van der Waals surface area contributed by atoms with Crippen LogP contribution >= 0.6 is 11.6 Å². The van der Waals surface area contributed by atoms with Crippen LogP contribution in [0.5, 0.6) is 5.75 Å². The third-order valence-corrected chi connectivity index (χ3v) is 4.43. The third kappa shape index (κ3) is 4.52. The first-order valence-corrected chi connectivity index (χ1v) is 9.01. The Labute approximate surface area is 171 Å². The molecule has 9 nitrogen and oxygen atoms in total. The number of aromatic nitrogens is 2. The number of nitrogens with zero attached hydrogens (tertiary/aromatic N) is 4. The van der Waals surface area contributed by atoms with Gasteiger partial charge in [0, 0.05) is 23.2 Å². The van der Waals surface area contributed by atoms with E-state index in [0.29, 0.717) is 18.1 Å². The molecule has 150 valence electrons. The van der Waals surface area contributed by atoms with Crippen molar-refractivity contribution in [1.82, 2.24) is 15.0 Å². The lowest BCUT2D eigenvalue weighted by atomic mass is 10.1. The molecule has 29 heavy (non-hydrogen) atoms. The van der Waals surface area contributed by atoms with Gasteiger partial charge in [0.05, 0.1) is 12.0 Å². The van der Waals surface area contributed by atoms with Crippen LogP contribution < -0.4 is 4.74 Å². The molecule has 0 N–H and O–H groups in total. The van der Waals surface area contributed by atoms with Crippen molar-refractivity contribution >= 4 is 23.2 Å². The first kappa shape index (κ1) is 20.3. The molecular formula is C19H17ClN4O5. The smallest absolute Gasteiger partial charge is 0.283 e. The van der Waals surface area contributed by atoms with E-state index in [4.69, 9.17) is 20.9 Å². The number of amides is 1. The first-order valence-electron chi connectivity index (χ1n) is 8.63. The maximum atomic E-state index is 12.8. The Kier molecular flexibility index (Phi) is 6.08. The number of carbonyl (C=O) groups excluding carboxylic acids is 1. The molecule has 0 aliphatic carbocycles. The van der Waals surface area contributed by atoms with Gasteiger partial charge in [-0.1, -0.05) is 16.8 Å². The third-order valence-electron chi connectivity index (χ3n) is 4.20. The molecule has 1 aromatic heterocycles. The normalized spacial score (nSPS) is 10.6. The monoisotopic (exact) mass is 416 g/mol. The zero-order valence-electron chi connectivity index (χ0n) is 15.7. The van der Waals surface area contributed by atoms with E-state index >= 15 is 0 Å². The molecule has 0 bridgehead atoms.